The maximum atomic E-state index is 8.95. The van der Waals surface area contributed by atoms with Crippen LogP contribution < -0.4 is 10.2 Å². The normalized spacial score (nSPS) is 18.2. The minimum Gasteiger partial charge on any atom is -0.471 e. The van der Waals surface area contributed by atoms with Crippen LogP contribution in [0.25, 0.3) is 5.52 Å². The van der Waals surface area contributed by atoms with Crippen LogP contribution in [0.5, 0.6) is 0 Å². The van der Waals surface area contributed by atoms with Crippen molar-refractivity contribution in [2.75, 3.05) is 37.5 Å². The number of H-pyrrole nitrogens is 1. The lowest BCUT2D eigenvalue weighted by Gasteiger charge is -2.17. The van der Waals surface area contributed by atoms with Gasteiger partial charge < -0.3 is 19.7 Å². The lowest BCUT2D eigenvalue weighted by molar-refractivity contribution is -0.126. The summed E-state index contributed by atoms with van der Waals surface area (Å²) in [5, 5.41) is 15.6. The average Bonchev–Trinajstić information content (AvgIpc) is 3.28. The number of aromatic nitrogens is 5. The third kappa shape index (κ3) is 5.00. The van der Waals surface area contributed by atoms with Gasteiger partial charge in [0.05, 0.1) is 13.2 Å². The lowest BCUT2D eigenvalue weighted by atomic mass is 10.1. The van der Waals surface area contributed by atoms with Crippen LogP contribution >= 0.6 is 0 Å². The highest BCUT2D eigenvalue weighted by atomic mass is 16.5. The van der Waals surface area contributed by atoms with Gasteiger partial charge in [0, 0.05) is 43.6 Å². The van der Waals surface area contributed by atoms with Crippen LogP contribution in [0.4, 0.5) is 17.6 Å². The number of terminal acetylenes is 1. The van der Waals surface area contributed by atoms with Gasteiger partial charge in [-0.1, -0.05) is 6.92 Å². The maximum absolute atomic E-state index is 8.95. The first kappa shape index (κ1) is 23.1. The lowest BCUT2D eigenvalue weighted by Crippen LogP contribution is -2.25. The van der Waals surface area contributed by atoms with E-state index in [2.05, 4.69) is 56.1 Å². The van der Waals surface area contributed by atoms with Gasteiger partial charge in [0.2, 0.25) is 5.95 Å². The van der Waals surface area contributed by atoms with E-state index < -0.39 is 0 Å². The molecule has 1 saturated carbocycles. The first-order chi connectivity index (χ1) is 15.6. The van der Waals surface area contributed by atoms with Crippen LogP contribution in [-0.4, -0.2) is 64.7 Å². The molecule has 170 valence electrons. The zero-order chi connectivity index (χ0) is 23.1. The Morgan fingerprint density at radius 2 is 2.09 bits per heavy atom. The molecule has 1 aliphatic carbocycles. The number of nitrogens with one attached hydrogen (secondary N) is 2. The largest absolute Gasteiger partial charge is 0.471 e. The molecule has 1 aliphatic heterocycles. The molecule has 32 heavy (non-hydrogen) atoms. The van der Waals surface area contributed by atoms with Crippen molar-refractivity contribution in [3.8, 4) is 12.8 Å². The van der Waals surface area contributed by atoms with Gasteiger partial charge in [-0.15, -0.1) is 17.9 Å². The van der Waals surface area contributed by atoms with Gasteiger partial charge in [-0.3, -0.25) is 9.89 Å². The number of aromatic amines is 1. The summed E-state index contributed by atoms with van der Waals surface area (Å²) >= 11 is 0. The van der Waals surface area contributed by atoms with Crippen LogP contribution in [0.3, 0.4) is 0 Å². The van der Waals surface area contributed by atoms with Gasteiger partial charge in [0.15, 0.2) is 11.6 Å². The van der Waals surface area contributed by atoms with E-state index in [1.54, 1.807) is 7.11 Å². The standard InChI is InChI=1S/C18H23N7O.C2H4O2.C2H2/c1-18(6-7-18)14-10-15(22-21-14)19-16-13-4-3-8-25(13)23-17(20-16)24-9-5-12(11-24)26-2;1-4-2-3;1-2/h3-4,8,10,12H,5-7,9,11H2,1-2H3,(H2,19,20,21,22,23);2H,1H3;1-2H/t12-;;/m1../s1. The molecule has 0 amide bonds. The van der Waals surface area contributed by atoms with Crippen molar-refractivity contribution in [1.82, 2.24) is 24.8 Å². The van der Waals surface area contributed by atoms with Crippen LogP contribution in [0.1, 0.15) is 31.9 Å². The molecule has 5 rings (SSSR count). The highest BCUT2D eigenvalue weighted by Gasteiger charge is 2.40. The Labute approximate surface area is 187 Å². The van der Waals surface area contributed by atoms with E-state index in [0.717, 1.165) is 36.7 Å². The van der Waals surface area contributed by atoms with E-state index in [4.69, 9.17) is 14.5 Å². The van der Waals surface area contributed by atoms with E-state index in [1.165, 1.54) is 25.6 Å². The highest BCUT2D eigenvalue weighted by molar-refractivity contribution is 5.73. The molecule has 0 bridgehead atoms. The number of rotatable bonds is 6. The minimum absolute atomic E-state index is 0.239. The summed E-state index contributed by atoms with van der Waals surface area (Å²) < 4.78 is 11.2. The van der Waals surface area contributed by atoms with E-state index >= 15 is 0 Å². The van der Waals surface area contributed by atoms with Crippen molar-refractivity contribution >= 4 is 29.6 Å². The molecule has 2 aliphatic rings. The third-order valence-corrected chi connectivity index (χ3v) is 5.71. The summed E-state index contributed by atoms with van der Waals surface area (Å²) in [7, 11) is 3.07. The number of hydrogen-bond donors (Lipinski definition) is 2. The Hall–Kier alpha value is -3.58. The fourth-order valence-corrected chi connectivity index (χ4v) is 3.52. The summed E-state index contributed by atoms with van der Waals surface area (Å²) in [5.74, 6) is 2.26. The third-order valence-electron chi connectivity index (χ3n) is 5.71. The summed E-state index contributed by atoms with van der Waals surface area (Å²) in [6.45, 7) is 4.35. The van der Waals surface area contributed by atoms with Crippen LogP contribution in [-0.2, 0) is 19.7 Å². The second-order valence-corrected chi connectivity index (χ2v) is 7.88. The fourth-order valence-electron chi connectivity index (χ4n) is 3.52. The molecule has 0 radical (unpaired) electrons. The van der Waals surface area contributed by atoms with Crippen molar-refractivity contribution in [3.05, 3.63) is 30.1 Å². The van der Waals surface area contributed by atoms with Gasteiger partial charge in [0.25, 0.3) is 6.47 Å². The van der Waals surface area contributed by atoms with E-state index in [1.807, 2.05) is 22.8 Å². The van der Waals surface area contributed by atoms with E-state index in [0.29, 0.717) is 12.4 Å². The summed E-state index contributed by atoms with van der Waals surface area (Å²) in [6, 6.07) is 6.07. The first-order valence-corrected chi connectivity index (χ1v) is 10.3. The fraction of sp³-hybridized carbons (Fsp3) is 0.455. The van der Waals surface area contributed by atoms with Gasteiger partial charge >= 0.3 is 0 Å². The molecule has 4 heterocycles. The molecule has 1 saturated heterocycles. The van der Waals surface area contributed by atoms with Gasteiger partial charge in [-0.25, -0.2) is 4.52 Å². The van der Waals surface area contributed by atoms with Crippen molar-refractivity contribution in [3.63, 3.8) is 0 Å². The Balaban J connectivity index is 0.000000437. The number of hydrogen-bond acceptors (Lipinski definition) is 8. The van der Waals surface area contributed by atoms with Gasteiger partial charge in [0.1, 0.15) is 5.52 Å². The van der Waals surface area contributed by atoms with Crippen molar-refractivity contribution < 1.29 is 14.3 Å². The van der Waals surface area contributed by atoms with Gasteiger partial charge in [-0.2, -0.15) is 10.1 Å². The van der Waals surface area contributed by atoms with Crippen LogP contribution in [0.2, 0.25) is 0 Å². The molecule has 3 aromatic rings. The SMILES string of the molecule is C#C.COC=O.CO[C@@H]1CCN(c2nc(Nc3cc(C4(C)CC4)[nH]n3)c3cccn3n2)C1. The topological polar surface area (TPSA) is 110 Å². The minimum atomic E-state index is 0.239. The Kier molecular flexibility index (Phi) is 7.33. The Morgan fingerprint density at radius 1 is 1.34 bits per heavy atom. The van der Waals surface area contributed by atoms with Crippen LogP contribution in [0.15, 0.2) is 24.4 Å². The maximum Gasteiger partial charge on any atom is 0.292 e. The molecule has 0 spiro atoms. The Morgan fingerprint density at radius 3 is 2.72 bits per heavy atom. The molecule has 0 unspecified atom stereocenters. The average molecular weight is 440 g/mol. The van der Waals surface area contributed by atoms with E-state index in [9.17, 15) is 0 Å². The van der Waals surface area contributed by atoms with Crippen molar-refractivity contribution in [1.29, 1.82) is 0 Å². The quantitative estimate of drug-likeness (QED) is 0.445. The second-order valence-electron chi connectivity index (χ2n) is 7.88. The zero-order valence-electron chi connectivity index (χ0n) is 18.6. The number of fused-ring (bicyclic) bond motifs is 1. The summed E-state index contributed by atoms with van der Waals surface area (Å²) in [6.07, 6.45) is 13.6. The molecule has 1 atom stereocenters. The molecular weight excluding hydrogens is 410 g/mol. The Bertz CT molecular complexity index is 1050. The predicted molar refractivity (Wildman–Crippen MR) is 122 cm³/mol. The van der Waals surface area contributed by atoms with Crippen molar-refractivity contribution in [2.24, 2.45) is 0 Å². The summed E-state index contributed by atoms with van der Waals surface area (Å²) in [4.78, 5) is 15.9. The van der Waals surface area contributed by atoms with Crippen molar-refractivity contribution in [2.45, 2.75) is 37.7 Å². The molecule has 2 N–H and O–H groups in total. The summed E-state index contributed by atoms with van der Waals surface area (Å²) in [5.41, 5.74) is 2.38. The van der Waals surface area contributed by atoms with Crippen LogP contribution in [0, 0.1) is 12.8 Å². The number of anilines is 3. The molecule has 0 aromatic carbocycles. The molecule has 10 nitrogen and oxygen atoms in total. The molecule has 10 heteroatoms. The van der Waals surface area contributed by atoms with Gasteiger partial charge in [-0.05, 0) is 31.4 Å². The first-order valence-electron chi connectivity index (χ1n) is 10.3. The second kappa shape index (κ2) is 10.2. The number of carbonyl (C=O) groups excluding carboxylic acids is 1. The smallest absolute Gasteiger partial charge is 0.292 e. The monoisotopic (exact) mass is 439 g/mol. The number of carbonyl (C=O) groups is 1. The highest BCUT2D eigenvalue weighted by Crippen LogP contribution is 2.47. The predicted octanol–water partition coefficient (Wildman–Crippen LogP) is 2.51. The molecule has 3 aromatic heterocycles. The molecule has 2 fully saturated rings. The number of methoxy groups -OCH3 is 2. The van der Waals surface area contributed by atoms with E-state index in [-0.39, 0.29) is 11.5 Å². The zero-order valence-corrected chi connectivity index (χ0v) is 18.6. The number of nitrogens with zero attached hydrogens (tertiary/aromatic N) is 5. The molecular formula is C22H29N7O3. The number of ether oxygens (including phenoxy) is 2.